The lowest BCUT2D eigenvalue weighted by molar-refractivity contribution is 0.193. The summed E-state index contributed by atoms with van der Waals surface area (Å²) in [5, 5.41) is 3.38. The summed E-state index contributed by atoms with van der Waals surface area (Å²) in [6.45, 7) is 12.0. The van der Waals surface area contributed by atoms with Crippen molar-refractivity contribution >= 4 is 5.95 Å². The van der Waals surface area contributed by atoms with Crippen molar-refractivity contribution in [3.8, 4) is 0 Å². The quantitative estimate of drug-likeness (QED) is 0.605. The largest absolute Gasteiger partial charge is 0.338 e. The predicted molar refractivity (Wildman–Crippen MR) is 78.3 cm³/mol. The molecule has 0 amide bonds. The lowest BCUT2D eigenvalue weighted by atomic mass is 10.2. The van der Waals surface area contributed by atoms with Gasteiger partial charge in [0.05, 0.1) is 0 Å². The monoisotopic (exact) mass is 261 g/mol. The van der Waals surface area contributed by atoms with Crippen molar-refractivity contribution in [2.75, 3.05) is 44.2 Å². The first kappa shape index (κ1) is 14.0. The molecule has 1 aliphatic heterocycles. The Morgan fingerprint density at radius 3 is 2.63 bits per heavy atom. The third-order valence-corrected chi connectivity index (χ3v) is 3.50. The Bertz CT molecular complexity index is 373. The van der Waals surface area contributed by atoms with Crippen molar-refractivity contribution in [3.63, 3.8) is 0 Å². The number of anilines is 1. The highest BCUT2D eigenvalue weighted by Crippen LogP contribution is 2.11. The van der Waals surface area contributed by atoms with Gasteiger partial charge < -0.3 is 10.2 Å². The summed E-state index contributed by atoms with van der Waals surface area (Å²) in [5.41, 5.74) is 0. The minimum Gasteiger partial charge on any atom is -0.338 e. The molecule has 104 valence electrons. The Hall–Kier alpha value is -1.46. The van der Waals surface area contributed by atoms with Gasteiger partial charge in [-0.3, -0.25) is 4.90 Å². The van der Waals surface area contributed by atoms with Crippen molar-refractivity contribution in [1.29, 1.82) is 0 Å². The van der Waals surface area contributed by atoms with E-state index in [4.69, 9.17) is 0 Å². The van der Waals surface area contributed by atoms with Gasteiger partial charge in [-0.1, -0.05) is 6.08 Å². The molecule has 0 bridgehead atoms. The highest BCUT2D eigenvalue weighted by Gasteiger charge is 2.21. The van der Waals surface area contributed by atoms with Crippen LogP contribution in [0.1, 0.15) is 6.92 Å². The molecule has 5 nitrogen and oxygen atoms in total. The van der Waals surface area contributed by atoms with Crippen molar-refractivity contribution in [3.05, 3.63) is 31.1 Å². The van der Waals surface area contributed by atoms with Crippen LogP contribution >= 0.6 is 0 Å². The number of piperazine rings is 1. The molecule has 2 heterocycles. The van der Waals surface area contributed by atoms with Gasteiger partial charge in [0.25, 0.3) is 0 Å². The molecule has 1 aliphatic rings. The molecular weight excluding hydrogens is 238 g/mol. The molecule has 1 atom stereocenters. The van der Waals surface area contributed by atoms with Gasteiger partial charge in [-0.2, -0.15) is 0 Å². The molecule has 1 fully saturated rings. The second-order valence-electron chi connectivity index (χ2n) is 4.87. The van der Waals surface area contributed by atoms with Crippen molar-refractivity contribution in [1.82, 2.24) is 20.2 Å². The summed E-state index contributed by atoms with van der Waals surface area (Å²) in [7, 11) is 0. The van der Waals surface area contributed by atoms with Gasteiger partial charge in [0.1, 0.15) is 0 Å². The van der Waals surface area contributed by atoms with Crippen LogP contribution in [-0.4, -0.2) is 60.2 Å². The summed E-state index contributed by atoms with van der Waals surface area (Å²) in [6, 6.07) is 2.41. The second-order valence-corrected chi connectivity index (χ2v) is 4.87. The van der Waals surface area contributed by atoms with Gasteiger partial charge in [0.2, 0.25) is 5.95 Å². The van der Waals surface area contributed by atoms with Gasteiger partial charge >= 0.3 is 0 Å². The molecule has 1 saturated heterocycles. The molecule has 0 saturated carbocycles. The zero-order valence-electron chi connectivity index (χ0n) is 11.6. The fourth-order valence-corrected chi connectivity index (χ4v) is 2.34. The summed E-state index contributed by atoms with van der Waals surface area (Å²) < 4.78 is 0. The first-order valence-corrected chi connectivity index (χ1v) is 6.89. The summed E-state index contributed by atoms with van der Waals surface area (Å²) >= 11 is 0. The summed E-state index contributed by atoms with van der Waals surface area (Å²) in [6.07, 6.45) is 5.50. The first-order chi connectivity index (χ1) is 9.31. The lowest BCUT2D eigenvalue weighted by Gasteiger charge is -2.38. The van der Waals surface area contributed by atoms with Gasteiger partial charge in [-0.15, -0.1) is 6.58 Å². The Labute approximate surface area is 115 Å². The molecule has 5 heteroatoms. The van der Waals surface area contributed by atoms with E-state index in [1.807, 2.05) is 12.1 Å². The summed E-state index contributed by atoms with van der Waals surface area (Å²) in [5.74, 6) is 0.847. The van der Waals surface area contributed by atoms with Gasteiger partial charge in [0, 0.05) is 57.7 Å². The third-order valence-electron chi connectivity index (χ3n) is 3.50. The fourth-order valence-electron chi connectivity index (χ4n) is 2.34. The van der Waals surface area contributed by atoms with E-state index in [1.165, 1.54) is 0 Å². The highest BCUT2D eigenvalue weighted by atomic mass is 15.3. The maximum absolute atomic E-state index is 4.31. The average Bonchev–Trinajstić information content (AvgIpc) is 2.48. The smallest absolute Gasteiger partial charge is 0.225 e. The zero-order chi connectivity index (χ0) is 13.5. The minimum atomic E-state index is 0.554. The Balaban J connectivity index is 1.77. The lowest BCUT2D eigenvalue weighted by Crippen LogP contribution is -2.52. The van der Waals surface area contributed by atoms with E-state index in [0.29, 0.717) is 6.04 Å². The van der Waals surface area contributed by atoms with Crippen LogP contribution in [0.4, 0.5) is 5.95 Å². The molecule has 1 unspecified atom stereocenters. The van der Waals surface area contributed by atoms with E-state index in [2.05, 4.69) is 38.6 Å². The molecule has 1 aromatic heterocycles. The molecule has 0 spiro atoms. The second kappa shape index (κ2) is 7.21. The standard InChI is InChI=1S/C14H23N5/c1-3-5-15-12-13(2)18-8-10-19(11-9-18)14-16-6-4-7-17-14/h3-4,6-7,13,15H,1,5,8-12H2,2H3. The fraction of sp³-hybridized carbons (Fsp3) is 0.571. The van der Waals surface area contributed by atoms with Crippen LogP contribution in [0.15, 0.2) is 31.1 Å². The molecular formula is C14H23N5. The molecule has 0 aliphatic carbocycles. The number of rotatable bonds is 6. The molecule has 0 radical (unpaired) electrons. The van der Waals surface area contributed by atoms with Gasteiger partial charge in [-0.05, 0) is 13.0 Å². The number of nitrogens with one attached hydrogen (secondary N) is 1. The molecule has 1 N–H and O–H groups in total. The molecule has 0 aromatic carbocycles. The third kappa shape index (κ3) is 4.01. The molecule has 19 heavy (non-hydrogen) atoms. The maximum Gasteiger partial charge on any atom is 0.225 e. The van der Waals surface area contributed by atoms with Crippen LogP contribution in [0, 0.1) is 0 Å². The van der Waals surface area contributed by atoms with Crippen molar-refractivity contribution in [2.24, 2.45) is 0 Å². The Morgan fingerprint density at radius 1 is 1.32 bits per heavy atom. The normalized spacial score (nSPS) is 18.3. The molecule has 1 aromatic rings. The van der Waals surface area contributed by atoms with Crippen LogP contribution < -0.4 is 10.2 Å². The summed E-state index contributed by atoms with van der Waals surface area (Å²) in [4.78, 5) is 13.4. The van der Waals surface area contributed by atoms with Crippen molar-refractivity contribution in [2.45, 2.75) is 13.0 Å². The van der Waals surface area contributed by atoms with Crippen LogP contribution in [0.3, 0.4) is 0 Å². The van der Waals surface area contributed by atoms with E-state index in [0.717, 1.165) is 45.2 Å². The minimum absolute atomic E-state index is 0.554. The average molecular weight is 261 g/mol. The van der Waals surface area contributed by atoms with Gasteiger partial charge in [-0.25, -0.2) is 9.97 Å². The number of hydrogen-bond donors (Lipinski definition) is 1. The van der Waals surface area contributed by atoms with Gasteiger partial charge in [0.15, 0.2) is 0 Å². The Morgan fingerprint density at radius 2 is 2.00 bits per heavy atom. The first-order valence-electron chi connectivity index (χ1n) is 6.89. The van der Waals surface area contributed by atoms with Crippen molar-refractivity contribution < 1.29 is 0 Å². The number of aromatic nitrogens is 2. The van der Waals surface area contributed by atoms with Crippen LogP contribution in [0.2, 0.25) is 0 Å². The van der Waals surface area contributed by atoms with Crippen LogP contribution in [-0.2, 0) is 0 Å². The topological polar surface area (TPSA) is 44.3 Å². The predicted octanol–water partition coefficient (Wildman–Crippen LogP) is 0.763. The number of nitrogens with zero attached hydrogens (tertiary/aromatic N) is 4. The van der Waals surface area contributed by atoms with E-state index < -0.39 is 0 Å². The maximum atomic E-state index is 4.31. The number of hydrogen-bond acceptors (Lipinski definition) is 5. The SMILES string of the molecule is C=CCNCC(C)N1CCN(c2ncccn2)CC1. The highest BCUT2D eigenvalue weighted by molar-refractivity contribution is 5.29. The zero-order valence-corrected chi connectivity index (χ0v) is 11.6. The van der Waals surface area contributed by atoms with E-state index in [9.17, 15) is 0 Å². The molecule has 2 rings (SSSR count). The van der Waals surface area contributed by atoms with E-state index in [-0.39, 0.29) is 0 Å². The van der Waals surface area contributed by atoms with Crippen LogP contribution in [0.5, 0.6) is 0 Å². The Kier molecular flexibility index (Phi) is 5.30. The van der Waals surface area contributed by atoms with E-state index in [1.54, 1.807) is 12.4 Å². The van der Waals surface area contributed by atoms with Crippen LogP contribution in [0.25, 0.3) is 0 Å². The van der Waals surface area contributed by atoms with E-state index >= 15 is 0 Å².